The Bertz CT molecular complexity index is 585. The number of nitrogens with one attached hydrogen (secondary N) is 1. The van der Waals surface area contributed by atoms with E-state index in [0.29, 0.717) is 6.04 Å². The summed E-state index contributed by atoms with van der Waals surface area (Å²) in [5.74, 6) is 1.11. The third-order valence-electron chi connectivity index (χ3n) is 3.78. The first kappa shape index (κ1) is 12.9. The van der Waals surface area contributed by atoms with Gasteiger partial charge in [-0.25, -0.2) is 4.98 Å². The van der Waals surface area contributed by atoms with Gasteiger partial charge in [0, 0.05) is 31.1 Å². The van der Waals surface area contributed by atoms with Gasteiger partial charge in [0.25, 0.3) is 0 Å². The van der Waals surface area contributed by atoms with Crippen molar-refractivity contribution in [3.8, 4) is 0 Å². The van der Waals surface area contributed by atoms with Crippen LogP contribution in [-0.2, 0) is 0 Å². The minimum absolute atomic E-state index is 0.527. The molecule has 1 saturated heterocycles. The van der Waals surface area contributed by atoms with Crippen LogP contribution in [0.4, 0.5) is 5.82 Å². The molecule has 1 fully saturated rings. The molecular formula is C15H18BrN3. The Balaban J connectivity index is 2.12. The van der Waals surface area contributed by atoms with Crippen LogP contribution in [0.25, 0.3) is 10.8 Å². The number of aromatic nitrogens is 1. The standard InChI is InChI=1S/C15H18BrN3/c1-2-12-10-17-7-8-19(12)15-13-6-4-3-5-11(13)9-14(16)18-15/h3-6,9,12,17H,2,7-8,10H2,1H3. The van der Waals surface area contributed by atoms with Crippen molar-refractivity contribution >= 4 is 32.5 Å². The van der Waals surface area contributed by atoms with E-state index in [-0.39, 0.29) is 0 Å². The summed E-state index contributed by atoms with van der Waals surface area (Å²) < 4.78 is 0.912. The van der Waals surface area contributed by atoms with E-state index < -0.39 is 0 Å². The van der Waals surface area contributed by atoms with Gasteiger partial charge in [-0.05, 0) is 33.8 Å². The SMILES string of the molecule is CCC1CNCCN1c1nc(Br)cc2ccccc12. The number of pyridine rings is 1. The van der Waals surface area contributed by atoms with Crippen LogP contribution < -0.4 is 10.2 Å². The van der Waals surface area contributed by atoms with Gasteiger partial charge in [0.15, 0.2) is 0 Å². The second-order valence-electron chi connectivity index (χ2n) is 4.95. The lowest BCUT2D eigenvalue weighted by Gasteiger charge is -2.37. The van der Waals surface area contributed by atoms with Gasteiger partial charge in [0.2, 0.25) is 0 Å². The Morgan fingerprint density at radius 2 is 2.26 bits per heavy atom. The van der Waals surface area contributed by atoms with Crippen LogP contribution in [0.1, 0.15) is 13.3 Å². The molecule has 2 aromatic rings. The van der Waals surface area contributed by atoms with Crippen molar-refractivity contribution in [1.82, 2.24) is 10.3 Å². The molecule has 0 amide bonds. The van der Waals surface area contributed by atoms with Crippen molar-refractivity contribution in [2.75, 3.05) is 24.5 Å². The number of piperazine rings is 1. The van der Waals surface area contributed by atoms with Crippen molar-refractivity contribution in [3.63, 3.8) is 0 Å². The van der Waals surface area contributed by atoms with E-state index in [1.807, 2.05) is 0 Å². The van der Waals surface area contributed by atoms with E-state index in [1.165, 1.54) is 10.8 Å². The summed E-state index contributed by atoms with van der Waals surface area (Å²) in [5, 5.41) is 5.95. The molecular weight excluding hydrogens is 302 g/mol. The second-order valence-corrected chi connectivity index (χ2v) is 5.76. The Morgan fingerprint density at radius 3 is 3.11 bits per heavy atom. The predicted octanol–water partition coefficient (Wildman–Crippen LogP) is 3.19. The van der Waals surface area contributed by atoms with Gasteiger partial charge in [-0.2, -0.15) is 0 Å². The second kappa shape index (κ2) is 5.47. The molecule has 100 valence electrons. The number of benzene rings is 1. The summed E-state index contributed by atoms with van der Waals surface area (Å²) in [6.07, 6.45) is 1.13. The number of fused-ring (bicyclic) bond motifs is 1. The van der Waals surface area contributed by atoms with Gasteiger partial charge in [0.1, 0.15) is 10.4 Å². The molecule has 0 bridgehead atoms. The van der Waals surface area contributed by atoms with Crippen LogP contribution in [0.15, 0.2) is 34.9 Å². The van der Waals surface area contributed by atoms with Crippen LogP contribution in [-0.4, -0.2) is 30.7 Å². The zero-order valence-corrected chi connectivity index (χ0v) is 12.7. The minimum Gasteiger partial charge on any atom is -0.351 e. The van der Waals surface area contributed by atoms with E-state index in [9.17, 15) is 0 Å². The molecule has 1 atom stereocenters. The Kier molecular flexibility index (Phi) is 3.71. The topological polar surface area (TPSA) is 28.2 Å². The molecule has 0 saturated carbocycles. The first-order valence-electron chi connectivity index (χ1n) is 6.82. The first-order valence-corrected chi connectivity index (χ1v) is 7.61. The fourth-order valence-electron chi connectivity index (χ4n) is 2.77. The van der Waals surface area contributed by atoms with Gasteiger partial charge < -0.3 is 10.2 Å². The fraction of sp³-hybridized carbons (Fsp3) is 0.400. The third-order valence-corrected chi connectivity index (χ3v) is 4.19. The van der Waals surface area contributed by atoms with Crippen LogP contribution in [0.3, 0.4) is 0 Å². The van der Waals surface area contributed by atoms with Crippen LogP contribution in [0, 0.1) is 0 Å². The molecule has 4 heteroatoms. The zero-order valence-electron chi connectivity index (χ0n) is 11.1. The van der Waals surface area contributed by atoms with E-state index >= 15 is 0 Å². The number of rotatable bonds is 2. The van der Waals surface area contributed by atoms with Crippen molar-refractivity contribution in [2.24, 2.45) is 0 Å². The summed E-state index contributed by atoms with van der Waals surface area (Å²) in [6, 6.07) is 11.1. The van der Waals surface area contributed by atoms with Crippen molar-refractivity contribution in [1.29, 1.82) is 0 Å². The number of anilines is 1. The predicted molar refractivity (Wildman–Crippen MR) is 83.7 cm³/mol. The third kappa shape index (κ3) is 2.47. The van der Waals surface area contributed by atoms with Gasteiger partial charge >= 0.3 is 0 Å². The van der Waals surface area contributed by atoms with E-state index in [4.69, 9.17) is 4.98 Å². The number of hydrogen-bond donors (Lipinski definition) is 1. The van der Waals surface area contributed by atoms with Gasteiger partial charge in [0.05, 0.1) is 0 Å². The Morgan fingerprint density at radius 1 is 1.42 bits per heavy atom. The molecule has 1 aromatic carbocycles. The highest BCUT2D eigenvalue weighted by atomic mass is 79.9. The maximum absolute atomic E-state index is 4.74. The van der Waals surface area contributed by atoms with Crippen molar-refractivity contribution in [3.05, 3.63) is 34.9 Å². The average Bonchev–Trinajstić information content (AvgIpc) is 2.46. The fourth-order valence-corrected chi connectivity index (χ4v) is 3.19. The highest BCUT2D eigenvalue weighted by Crippen LogP contribution is 2.29. The van der Waals surface area contributed by atoms with Crippen LogP contribution in [0.5, 0.6) is 0 Å². The minimum atomic E-state index is 0.527. The summed E-state index contributed by atoms with van der Waals surface area (Å²) in [7, 11) is 0. The molecule has 0 aliphatic carbocycles. The molecule has 1 unspecified atom stereocenters. The van der Waals surface area contributed by atoms with E-state index in [1.54, 1.807) is 0 Å². The van der Waals surface area contributed by atoms with Crippen LogP contribution in [0.2, 0.25) is 0 Å². The summed E-state index contributed by atoms with van der Waals surface area (Å²) in [4.78, 5) is 7.19. The number of nitrogens with zero attached hydrogens (tertiary/aromatic N) is 2. The van der Waals surface area contributed by atoms with Gasteiger partial charge in [-0.3, -0.25) is 0 Å². The number of hydrogen-bond acceptors (Lipinski definition) is 3. The monoisotopic (exact) mass is 319 g/mol. The molecule has 0 spiro atoms. The molecule has 1 aliphatic rings. The lowest BCUT2D eigenvalue weighted by atomic mass is 10.1. The van der Waals surface area contributed by atoms with Gasteiger partial charge in [-0.1, -0.05) is 31.2 Å². The molecule has 0 radical (unpaired) electrons. The molecule has 1 N–H and O–H groups in total. The quantitative estimate of drug-likeness (QED) is 0.862. The Labute approximate surface area is 122 Å². The lowest BCUT2D eigenvalue weighted by Crippen LogP contribution is -2.51. The van der Waals surface area contributed by atoms with Gasteiger partial charge in [-0.15, -0.1) is 0 Å². The molecule has 1 aliphatic heterocycles. The largest absolute Gasteiger partial charge is 0.351 e. The molecule has 1 aromatic heterocycles. The maximum atomic E-state index is 4.74. The molecule has 19 heavy (non-hydrogen) atoms. The molecule has 3 rings (SSSR count). The van der Waals surface area contributed by atoms with Crippen LogP contribution >= 0.6 is 15.9 Å². The van der Waals surface area contributed by atoms with Crippen molar-refractivity contribution in [2.45, 2.75) is 19.4 Å². The van der Waals surface area contributed by atoms with E-state index in [2.05, 4.69) is 63.4 Å². The zero-order chi connectivity index (χ0) is 13.2. The molecule has 3 nitrogen and oxygen atoms in total. The first-order chi connectivity index (χ1) is 9.29. The van der Waals surface area contributed by atoms with E-state index in [0.717, 1.165) is 36.5 Å². The number of halogens is 1. The summed E-state index contributed by atoms with van der Waals surface area (Å²) in [5.41, 5.74) is 0. The highest BCUT2D eigenvalue weighted by molar-refractivity contribution is 9.10. The Hall–Kier alpha value is -1.13. The normalized spacial score (nSPS) is 19.9. The summed E-state index contributed by atoms with van der Waals surface area (Å²) in [6.45, 7) is 5.33. The summed E-state index contributed by atoms with van der Waals surface area (Å²) >= 11 is 3.54. The smallest absolute Gasteiger partial charge is 0.138 e. The maximum Gasteiger partial charge on any atom is 0.138 e. The lowest BCUT2D eigenvalue weighted by molar-refractivity contribution is 0.464. The highest BCUT2D eigenvalue weighted by Gasteiger charge is 2.23. The molecule has 2 heterocycles. The average molecular weight is 320 g/mol. The van der Waals surface area contributed by atoms with Crippen molar-refractivity contribution < 1.29 is 0 Å².